The first kappa shape index (κ1) is 30.3. The van der Waals surface area contributed by atoms with E-state index in [1.54, 1.807) is 12.1 Å². The third-order valence-electron chi connectivity index (χ3n) is 6.52. The summed E-state index contributed by atoms with van der Waals surface area (Å²) in [5.41, 5.74) is 0.119. The average Bonchev–Trinajstić information content (AvgIpc) is 2.99. The number of hydrogen-bond donors (Lipinski definition) is 1. The summed E-state index contributed by atoms with van der Waals surface area (Å²) in [7, 11) is -6.27. The number of methoxy groups -OCH3 is 1. The van der Waals surface area contributed by atoms with Gasteiger partial charge in [-0.1, -0.05) is 6.42 Å². The number of hydrogen-bond acceptors (Lipinski definition) is 7. The Morgan fingerprint density at radius 2 is 1.44 bits per heavy atom. The van der Waals surface area contributed by atoms with Gasteiger partial charge in [0.1, 0.15) is 30.5 Å². The van der Waals surface area contributed by atoms with E-state index in [0.717, 1.165) is 35.7 Å². The van der Waals surface area contributed by atoms with Gasteiger partial charge in [-0.25, -0.2) is 21.2 Å². The third-order valence-corrected chi connectivity index (χ3v) is 10.2. The predicted octanol–water partition coefficient (Wildman–Crippen LogP) is 3.40. The fraction of sp³-hybridized carbons (Fsp3) is 0.321. The lowest BCUT2D eigenvalue weighted by molar-refractivity contribution is -0.119. The second kappa shape index (κ2) is 13.3. The molecule has 1 fully saturated rings. The molecular weight excluding hydrogens is 573 g/mol. The molecule has 0 spiro atoms. The van der Waals surface area contributed by atoms with Gasteiger partial charge in [-0.05, 0) is 85.6 Å². The Bertz CT molecular complexity index is 1530. The van der Waals surface area contributed by atoms with Gasteiger partial charge in [-0.15, -0.1) is 0 Å². The lowest BCUT2D eigenvalue weighted by Gasteiger charge is -2.25. The Balaban J connectivity index is 1.35. The summed E-state index contributed by atoms with van der Waals surface area (Å²) in [4.78, 5) is 12.9. The molecule has 220 valence electrons. The summed E-state index contributed by atoms with van der Waals surface area (Å²) >= 11 is 0. The van der Waals surface area contributed by atoms with E-state index in [0.29, 0.717) is 24.6 Å². The first-order valence-corrected chi connectivity index (χ1v) is 15.9. The average molecular weight is 606 g/mol. The van der Waals surface area contributed by atoms with Crippen LogP contribution in [0.2, 0.25) is 0 Å². The van der Waals surface area contributed by atoms with Crippen molar-refractivity contribution in [1.29, 1.82) is 0 Å². The highest BCUT2D eigenvalue weighted by Gasteiger charge is 2.28. The monoisotopic (exact) mass is 605 g/mol. The summed E-state index contributed by atoms with van der Waals surface area (Å²) in [5.74, 6) is -0.257. The largest absolute Gasteiger partial charge is 0.497 e. The maximum atomic E-state index is 13.5. The van der Waals surface area contributed by atoms with Crippen LogP contribution in [-0.4, -0.2) is 66.9 Å². The number of halogens is 1. The number of amides is 1. The van der Waals surface area contributed by atoms with E-state index in [-0.39, 0.29) is 28.6 Å². The van der Waals surface area contributed by atoms with Crippen LogP contribution in [0.5, 0.6) is 11.5 Å². The fourth-order valence-electron chi connectivity index (χ4n) is 4.31. The third kappa shape index (κ3) is 7.54. The molecule has 1 aliphatic heterocycles. The molecule has 0 bridgehead atoms. The molecular formula is C28H32FN3O7S2. The number of anilines is 1. The van der Waals surface area contributed by atoms with Crippen molar-refractivity contribution in [3.05, 3.63) is 78.6 Å². The number of rotatable bonds is 12. The number of ether oxygens (including phenoxy) is 2. The number of nitrogens with one attached hydrogen (secondary N) is 1. The number of sulfonamides is 2. The molecule has 1 heterocycles. The zero-order valence-electron chi connectivity index (χ0n) is 22.5. The van der Waals surface area contributed by atoms with Crippen molar-refractivity contribution in [2.75, 3.05) is 44.2 Å². The van der Waals surface area contributed by atoms with E-state index in [4.69, 9.17) is 9.47 Å². The highest BCUT2D eigenvalue weighted by Crippen LogP contribution is 2.26. The van der Waals surface area contributed by atoms with E-state index in [2.05, 4.69) is 5.32 Å². The molecule has 10 nitrogen and oxygen atoms in total. The Kier molecular flexibility index (Phi) is 9.84. The van der Waals surface area contributed by atoms with Crippen molar-refractivity contribution in [3.63, 3.8) is 0 Å². The Morgan fingerprint density at radius 1 is 0.854 bits per heavy atom. The van der Waals surface area contributed by atoms with Crippen LogP contribution < -0.4 is 19.1 Å². The first-order chi connectivity index (χ1) is 19.6. The maximum absolute atomic E-state index is 13.5. The molecule has 41 heavy (non-hydrogen) atoms. The van der Waals surface area contributed by atoms with Crippen molar-refractivity contribution in [1.82, 2.24) is 9.62 Å². The zero-order chi connectivity index (χ0) is 29.5. The van der Waals surface area contributed by atoms with Crippen LogP contribution in [-0.2, 0) is 24.8 Å². The standard InChI is InChI=1S/C28H32FN3O7S2/c1-38-24-9-13-27(14-10-24)41(36,37)32(23-7-5-22(29)6-8-23)21-28(33)30-17-20-39-25-11-15-26(16-12-25)40(34,35)31-18-3-2-4-19-31/h5-16H,2-4,17-21H2,1H3,(H,30,33). The summed E-state index contributed by atoms with van der Waals surface area (Å²) in [5, 5.41) is 2.62. The number of carbonyl (C=O) groups excluding carboxylic acids is 1. The van der Waals surface area contributed by atoms with Gasteiger partial charge in [0.2, 0.25) is 15.9 Å². The molecule has 1 amide bonds. The molecule has 1 N–H and O–H groups in total. The van der Waals surface area contributed by atoms with Crippen LogP contribution in [0, 0.1) is 5.82 Å². The molecule has 13 heteroatoms. The molecule has 0 radical (unpaired) electrons. The van der Waals surface area contributed by atoms with Crippen molar-refractivity contribution in [2.24, 2.45) is 0 Å². The Labute approximate surface area is 239 Å². The van der Waals surface area contributed by atoms with Gasteiger partial charge in [-0.3, -0.25) is 9.10 Å². The van der Waals surface area contributed by atoms with Crippen molar-refractivity contribution in [3.8, 4) is 11.5 Å². The molecule has 1 aliphatic rings. The van der Waals surface area contributed by atoms with E-state index >= 15 is 0 Å². The van der Waals surface area contributed by atoms with Crippen molar-refractivity contribution >= 4 is 31.6 Å². The maximum Gasteiger partial charge on any atom is 0.264 e. The highest BCUT2D eigenvalue weighted by atomic mass is 32.2. The zero-order valence-corrected chi connectivity index (χ0v) is 24.2. The van der Waals surface area contributed by atoms with Gasteiger partial charge in [0, 0.05) is 13.1 Å². The lowest BCUT2D eigenvalue weighted by Crippen LogP contribution is -2.41. The van der Waals surface area contributed by atoms with Crippen LogP contribution in [0.1, 0.15) is 19.3 Å². The summed E-state index contributed by atoms with van der Waals surface area (Å²) < 4.78 is 79.0. The van der Waals surface area contributed by atoms with Crippen LogP contribution >= 0.6 is 0 Å². The molecule has 0 aliphatic carbocycles. The molecule has 3 aromatic rings. The second-order valence-corrected chi connectivity index (χ2v) is 13.1. The minimum absolute atomic E-state index is 0.0612. The normalized spacial score (nSPS) is 14.3. The molecule has 0 unspecified atom stereocenters. The number of carbonyl (C=O) groups is 1. The lowest BCUT2D eigenvalue weighted by atomic mass is 10.2. The van der Waals surface area contributed by atoms with Gasteiger partial charge in [-0.2, -0.15) is 4.31 Å². The summed E-state index contributed by atoms with van der Waals surface area (Å²) in [6.45, 7) is 0.599. The fourth-order valence-corrected chi connectivity index (χ4v) is 7.24. The Morgan fingerprint density at radius 3 is 2.05 bits per heavy atom. The van der Waals surface area contributed by atoms with E-state index in [1.165, 1.54) is 59.9 Å². The van der Waals surface area contributed by atoms with Crippen LogP contribution in [0.4, 0.5) is 10.1 Å². The van der Waals surface area contributed by atoms with Crippen LogP contribution in [0.15, 0.2) is 82.6 Å². The highest BCUT2D eigenvalue weighted by molar-refractivity contribution is 7.92. The molecule has 1 saturated heterocycles. The van der Waals surface area contributed by atoms with Gasteiger partial charge in [0.25, 0.3) is 10.0 Å². The minimum Gasteiger partial charge on any atom is -0.497 e. The van der Waals surface area contributed by atoms with Crippen molar-refractivity contribution in [2.45, 2.75) is 29.1 Å². The van der Waals surface area contributed by atoms with Gasteiger partial charge >= 0.3 is 0 Å². The number of benzene rings is 3. The molecule has 0 aromatic heterocycles. The Hall–Kier alpha value is -3.68. The van der Waals surface area contributed by atoms with Gasteiger partial charge in [0.05, 0.1) is 29.1 Å². The van der Waals surface area contributed by atoms with E-state index in [9.17, 15) is 26.0 Å². The second-order valence-electron chi connectivity index (χ2n) is 9.30. The minimum atomic E-state index is -4.17. The molecule has 0 atom stereocenters. The molecule has 4 rings (SSSR count). The summed E-state index contributed by atoms with van der Waals surface area (Å²) in [6, 6.07) is 16.6. The smallest absolute Gasteiger partial charge is 0.264 e. The molecule has 0 saturated carbocycles. The van der Waals surface area contributed by atoms with E-state index < -0.39 is 38.3 Å². The van der Waals surface area contributed by atoms with Gasteiger partial charge < -0.3 is 14.8 Å². The molecule has 3 aromatic carbocycles. The van der Waals surface area contributed by atoms with Crippen LogP contribution in [0.3, 0.4) is 0 Å². The quantitative estimate of drug-likeness (QED) is 0.314. The van der Waals surface area contributed by atoms with Gasteiger partial charge in [0.15, 0.2) is 0 Å². The predicted molar refractivity (Wildman–Crippen MR) is 151 cm³/mol. The number of piperidine rings is 1. The van der Waals surface area contributed by atoms with E-state index in [1.807, 2.05) is 0 Å². The number of nitrogens with zero attached hydrogens (tertiary/aromatic N) is 2. The SMILES string of the molecule is COc1ccc(S(=O)(=O)N(CC(=O)NCCOc2ccc(S(=O)(=O)N3CCCCC3)cc2)c2ccc(F)cc2)cc1. The summed E-state index contributed by atoms with van der Waals surface area (Å²) in [6.07, 6.45) is 2.72. The first-order valence-electron chi connectivity index (χ1n) is 13.0. The topological polar surface area (TPSA) is 122 Å². The van der Waals surface area contributed by atoms with Crippen molar-refractivity contribution < 1.29 is 35.5 Å². The van der Waals surface area contributed by atoms with Crippen LogP contribution in [0.25, 0.3) is 0 Å².